The van der Waals surface area contributed by atoms with E-state index in [9.17, 15) is 0 Å². The van der Waals surface area contributed by atoms with Crippen molar-refractivity contribution >= 4 is 27.3 Å². The van der Waals surface area contributed by atoms with Gasteiger partial charge in [-0.25, -0.2) is 0 Å². The van der Waals surface area contributed by atoms with Gasteiger partial charge in [-0.3, -0.25) is 4.90 Å². The Hall–Kier alpha value is -0.680. The van der Waals surface area contributed by atoms with Crippen LogP contribution in [0.5, 0.6) is 0 Å². The highest BCUT2D eigenvalue weighted by molar-refractivity contribution is 9.10. The largest absolute Gasteiger partial charge is 0.329 e. The molecule has 1 saturated carbocycles. The van der Waals surface area contributed by atoms with Crippen molar-refractivity contribution in [2.75, 3.05) is 6.54 Å². The van der Waals surface area contributed by atoms with Crippen molar-refractivity contribution in [3.8, 4) is 0 Å². The smallest absolute Gasteiger partial charge is 0.0477 e. The number of nitrogens with two attached hydrogens (primary N) is 1. The first-order valence-electron chi connectivity index (χ1n) is 7.42. The maximum Gasteiger partial charge on any atom is 0.0477 e. The van der Waals surface area contributed by atoms with Crippen molar-refractivity contribution < 1.29 is 0 Å². The summed E-state index contributed by atoms with van der Waals surface area (Å²) >= 11 is 5.42. The molecule has 2 nitrogen and oxygen atoms in total. The van der Waals surface area contributed by atoms with Gasteiger partial charge in [0.2, 0.25) is 0 Å². The molecule has 1 aromatic heterocycles. The molecule has 3 rings (SSSR count). The van der Waals surface area contributed by atoms with Gasteiger partial charge in [0.15, 0.2) is 0 Å². The van der Waals surface area contributed by atoms with Crippen LogP contribution in [0.1, 0.15) is 35.6 Å². The van der Waals surface area contributed by atoms with Gasteiger partial charge in [0.05, 0.1) is 0 Å². The van der Waals surface area contributed by atoms with Crippen molar-refractivity contribution in [2.45, 2.75) is 38.4 Å². The minimum Gasteiger partial charge on any atom is -0.329 e. The Morgan fingerprint density at radius 1 is 1.38 bits per heavy atom. The lowest BCUT2D eigenvalue weighted by atomic mass is 10.0. The van der Waals surface area contributed by atoms with Crippen molar-refractivity contribution in [3.63, 3.8) is 0 Å². The number of halogens is 1. The summed E-state index contributed by atoms with van der Waals surface area (Å²) in [6.45, 7) is 3.78. The molecule has 0 radical (unpaired) electrons. The zero-order valence-electron chi connectivity index (χ0n) is 12.3. The summed E-state index contributed by atoms with van der Waals surface area (Å²) in [6, 6.07) is 9.85. The lowest BCUT2D eigenvalue weighted by Gasteiger charge is -2.31. The second-order valence-electron chi connectivity index (χ2n) is 5.80. The van der Waals surface area contributed by atoms with Gasteiger partial charge in [-0.05, 0) is 59.3 Å². The number of hydrogen-bond acceptors (Lipinski definition) is 3. The topological polar surface area (TPSA) is 29.3 Å². The highest BCUT2D eigenvalue weighted by Gasteiger charge is 2.34. The predicted molar refractivity (Wildman–Crippen MR) is 93.6 cm³/mol. The summed E-state index contributed by atoms with van der Waals surface area (Å²) < 4.78 is 1.17. The lowest BCUT2D eigenvalue weighted by molar-refractivity contribution is 0.182. The number of nitrogens with zero attached hydrogens (tertiary/aromatic N) is 1. The van der Waals surface area contributed by atoms with Crippen LogP contribution in [0, 0.1) is 6.92 Å². The fraction of sp³-hybridized carbons (Fsp3) is 0.412. The molecule has 112 valence electrons. The highest BCUT2D eigenvalue weighted by atomic mass is 79.9. The summed E-state index contributed by atoms with van der Waals surface area (Å²) in [5.74, 6) is 0. The monoisotopic (exact) mass is 364 g/mol. The minimum atomic E-state index is 0.300. The van der Waals surface area contributed by atoms with Crippen molar-refractivity contribution in [2.24, 2.45) is 5.73 Å². The van der Waals surface area contributed by atoms with Gasteiger partial charge >= 0.3 is 0 Å². The molecule has 2 N–H and O–H groups in total. The quantitative estimate of drug-likeness (QED) is 0.818. The Morgan fingerprint density at radius 2 is 2.19 bits per heavy atom. The van der Waals surface area contributed by atoms with Crippen molar-refractivity contribution in [1.82, 2.24) is 4.90 Å². The van der Waals surface area contributed by atoms with Crippen molar-refractivity contribution in [1.29, 1.82) is 0 Å². The standard InChI is InChI=1S/C17H21BrN2S/c1-12-2-3-14(8-16(12)18)17(9-19)20(15-4-5-15)10-13-6-7-21-11-13/h2-3,6-8,11,15,17H,4-5,9-10,19H2,1H3. The summed E-state index contributed by atoms with van der Waals surface area (Å²) in [5, 5.41) is 4.40. The fourth-order valence-corrected chi connectivity index (χ4v) is 3.83. The fourth-order valence-electron chi connectivity index (χ4n) is 2.77. The van der Waals surface area contributed by atoms with Crippen LogP contribution in [0.25, 0.3) is 0 Å². The van der Waals surface area contributed by atoms with E-state index in [4.69, 9.17) is 5.73 Å². The van der Waals surface area contributed by atoms with E-state index in [0.29, 0.717) is 18.6 Å². The molecule has 21 heavy (non-hydrogen) atoms. The zero-order valence-corrected chi connectivity index (χ0v) is 14.7. The van der Waals surface area contributed by atoms with Crippen LogP contribution in [0.2, 0.25) is 0 Å². The number of aryl methyl sites for hydroxylation is 1. The van der Waals surface area contributed by atoms with E-state index in [-0.39, 0.29) is 0 Å². The van der Waals surface area contributed by atoms with E-state index in [0.717, 1.165) is 6.54 Å². The average Bonchev–Trinajstić information content (AvgIpc) is 3.20. The summed E-state index contributed by atoms with van der Waals surface area (Å²) in [5.41, 5.74) is 10.1. The normalized spacial score (nSPS) is 16.4. The van der Waals surface area contributed by atoms with Gasteiger partial charge in [0, 0.05) is 29.6 Å². The van der Waals surface area contributed by atoms with Crippen LogP contribution in [0.4, 0.5) is 0 Å². The molecule has 1 atom stereocenters. The van der Waals surface area contributed by atoms with Crippen molar-refractivity contribution in [3.05, 3.63) is 56.2 Å². The van der Waals surface area contributed by atoms with Crippen LogP contribution in [-0.2, 0) is 6.54 Å². The second kappa shape index (κ2) is 6.61. The maximum atomic E-state index is 6.13. The molecule has 4 heteroatoms. The Balaban J connectivity index is 1.86. The lowest BCUT2D eigenvalue weighted by Crippen LogP contribution is -2.35. The Morgan fingerprint density at radius 3 is 2.76 bits per heavy atom. The highest BCUT2D eigenvalue weighted by Crippen LogP contribution is 2.36. The molecular formula is C17H21BrN2S. The molecule has 1 unspecified atom stereocenters. The SMILES string of the molecule is Cc1ccc(C(CN)N(Cc2ccsc2)C2CC2)cc1Br. The van der Waals surface area contributed by atoms with Crippen LogP contribution in [-0.4, -0.2) is 17.5 Å². The average molecular weight is 365 g/mol. The number of thiophene rings is 1. The maximum absolute atomic E-state index is 6.13. The number of rotatable bonds is 6. The summed E-state index contributed by atoms with van der Waals surface area (Å²) in [4.78, 5) is 2.58. The molecule has 1 aliphatic rings. The molecular weight excluding hydrogens is 344 g/mol. The molecule has 1 aromatic carbocycles. The van der Waals surface area contributed by atoms with Gasteiger partial charge in [-0.1, -0.05) is 28.1 Å². The predicted octanol–water partition coefficient (Wildman–Crippen LogP) is 4.48. The molecule has 0 aliphatic heterocycles. The molecule has 0 spiro atoms. The third kappa shape index (κ3) is 3.57. The molecule has 0 saturated heterocycles. The zero-order chi connectivity index (χ0) is 14.8. The van der Waals surface area contributed by atoms with Crippen LogP contribution in [0.3, 0.4) is 0 Å². The minimum absolute atomic E-state index is 0.300. The summed E-state index contributed by atoms with van der Waals surface area (Å²) in [6.07, 6.45) is 2.60. The summed E-state index contributed by atoms with van der Waals surface area (Å²) in [7, 11) is 0. The molecule has 1 fully saturated rings. The van der Waals surface area contributed by atoms with Gasteiger partial charge in [-0.2, -0.15) is 11.3 Å². The van der Waals surface area contributed by atoms with Crippen LogP contribution in [0.15, 0.2) is 39.5 Å². The Kier molecular flexibility index (Phi) is 4.79. The molecule has 1 aliphatic carbocycles. The van der Waals surface area contributed by atoms with E-state index in [2.05, 4.69) is 62.8 Å². The Bertz CT molecular complexity index is 593. The Labute approximate surface area is 139 Å². The van der Waals surface area contributed by atoms with E-state index >= 15 is 0 Å². The third-order valence-corrected chi connectivity index (χ3v) is 5.75. The number of benzene rings is 1. The van der Waals surface area contributed by atoms with Crippen LogP contribution < -0.4 is 5.73 Å². The number of hydrogen-bond donors (Lipinski definition) is 1. The van der Waals surface area contributed by atoms with Gasteiger partial charge < -0.3 is 5.73 Å². The van der Waals surface area contributed by atoms with E-state index < -0.39 is 0 Å². The first-order valence-corrected chi connectivity index (χ1v) is 9.15. The first kappa shape index (κ1) is 15.2. The van der Waals surface area contributed by atoms with Gasteiger partial charge in [0.25, 0.3) is 0 Å². The van der Waals surface area contributed by atoms with E-state index in [1.54, 1.807) is 11.3 Å². The van der Waals surface area contributed by atoms with Gasteiger partial charge in [-0.15, -0.1) is 0 Å². The second-order valence-corrected chi connectivity index (χ2v) is 7.43. The molecule has 1 heterocycles. The van der Waals surface area contributed by atoms with Gasteiger partial charge in [0.1, 0.15) is 0 Å². The first-order chi connectivity index (χ1) is 10.2. The molecule has 2 aromatic rings. The van der Waals surface area contributed by atoms with E-state index in [1.165, 1.54) is 34.0 Å². The molecule has 0 bridgehead atoms. The molecule has 0 amide bonds. The van der Waals surface area contributed by atoms with E-state index in [1.807, 2.05) is 0 Å². The third-order valence-electron chi connectivity index (χ3n) is 4.17. The van der Waals surface area contributed by atoms with Crippen LogP contribution >= 0.6 is 27.3 Å².